The minimum atomic E-state index is 0.135. The largest absolute Gasteiger partial charge is 0.475 e. The molecule has 1 fully saturated rings. The van der Waals surface area contributed by atoms with Crippen LogP contribution in [-0.2, 0) is 0 Å². The number of hydrogen-bond acceptors (Lipinski definition) is 5. The molecule has 1 aromatic heterocycles. The van der Waals surface area contributed by atoms with Gasteiger partial charge in [-0.05, 0) is 39.3 Å². The maximum Gasteiger partial charge on any atom is 0.218 e. The van der Waals surface area contributed by atoms with Gasteiger partial charge < -0.3 is 15.0 Å². The van der Waals surface area contributed by atoms with Crippen molar-refractivity contribution in [2.24, 2.45) is 5.92 Å². The molecule has 1 aliphatic heterocycles. The molecule has 106 valence electrons. The lowest BCUT2D eigenvalue weighted by Crippen LogP contribution is -2.22. The molecule has 0 spiro atoms. The van der Waals surface area contributed by atoms with E-state index in [1.165, 1.54) is 19.5 Å². The summed E-state index contributed by atoms with van der Waals surface area (Å²) in [5.74, 6) is 2.19. The van der Waals surface area contributed by atoms with E-state index < -0.39 is 0 Å². The number of hydrogen-bond donors (Lipinski definition) is 1. The maximum atomic E-state index is 5.56. The maximum absolute atomic E-state index is 5.56. The van der Waals surface area contributed by atoms with Gasteiger partial charge in [-0.2, -0.15) is 0 Å². The van der Waals surface area contributed by atoms with Gasteiger partial charge >= 0.3 is 0 Å². The lowest BCUT2D eigenvalue weighted by Gasteiger charge is -2.14. The van der Waals surface area contributed by atoms with Crippen LogP contribution in [0.3, 0.4) is 0 Å². The molecule has 1 unspecified atom stereocenters. The van der Waals surface area contributed by atoms with Crippen LogP contribution in [0.15, 0.2) is 12.4 Å². The highest BCUT2D eigenvalue weighted by Gasteiger charge is 2.20. The van der Waals surface area contributed by atoms with Crippen molar-refractivity contribution in [1.29, 1.82) is 0 Å². The second-order valence-electron chi connectivity index (χ2n) is 5.34. The summed E-state index contributed by atoms with van der Waals surface area (Å²) < 4.78 is 5.56. The van der Waals surface area contributed by atoms with E-state index in [1.54, 1.807) is 6.33 Å². The molecule has 1 aromatic rings. The van der Waals surface area contributed by atoms with Gasteiger partial charge in [-0.3, -0.25) is 0 Å². The Morgan fingerprint density at radius 1 is 1.47 bits per heavy atom. The Morgan fingerprint density at radius 2 is 2.32 bits per heavy atom. The molecular formula is C14H24N4O. The molecular weight excluding hydrogens is 240 g/mol. The zero-order chi connectivity index (χ0) is 13.7. The summed E-state index contributed by atoms with van der Waals surface area (Å²) in [4.78, 5) is 10.8. The molecule has 19 heavy (non-hydrogen) atoms. The number of aromatic nitrogens is 2. The molecule has 0 radical (unpaired) electrons. The first-order chi connectivity index (χ1) is 9.17. The minimum Gasteiger partial charge on any atom is -0.475 e. The molecule has 0 bridgehead atoms. The lowest BCUT2D eigenvalue weighted by atomic mass is 10.1. The number of nitrogens with one attached hydrogen (secondary N) is 1. The Balaban J connectivity index is 1.82. The van der Waals surface area contributed by atoms with Crippen LogP contribution in [0.25, 0.3) is 0 Å². The number of likely N-dealkylation sites (tertiary alicyclic amines) is 1. The van der Waals surface area contributed by atoms with Gasteiger partial charge in [0, 0.05) is 19.2 Å². The van der Waals surface area contributed by atoms with Crippen LogP contribution in [0, 0.1) is 5.92 Å². The highest BCUT2D eigenvalue weighted by molar-refractivity contribution is 5.37. The summed E-state index contributed by atoms with van der Waals surface area (Å²) in [7, 11) is 0. The lowest BCUT2D eigenvalue weighted by molar-refractivity contribution is 0.232. The van der Waals surface area contributed by atoms with E-state index >= 15 is 0 Å². The van der Waals surface area contributed by atoms with Crippen molar-refractivity contribution < 1.29 is 4.74 Å². The number of nitrogens with zero attached hydrogens (tertiary/aromatic N) is 3. The van der Waals surface area contributed by atoms with E-state index in [9.17, 15) is 0 Å². The molecule has 2 heterocycles. The zero-order valence-electron chi connectivity index (χ0n) is 12.1. The Kier molecular flexibility index (Phi) is 4.96. The van der Waals surface area contributed by atoms with Crippen LogP contribution in [-0.4, -0.2) is 47.2 Å². The Labute approximate surface area is 115 Å². The smallest absolute Gasteiger partial charge is 0.218 e. The van der Waals surface area contributed by atoms with Crippen LogP contribution in [0.2, 0.25) is 0 Å². The van der Waals surface area contributed by atoms with Gasteiger partial charge in [0.2, 0.25) is 5.88 Å². The summed E-state index contributed by atoms with van der Waals surface area (Å²) in [6, 6.07) is 1.87. The monoisotopic (exact) mass is 264 g/mol. The van der Waals surface area contributed by atoms with Gasteiger partial charge in [0.1, 0.15) is 12.1 Å². The summed E-state index contributed by atoms with van der Waals surface area (Å²) in [6.45, 7) is 10.7. The summed E-state index contributed by atoms with van der Waals surface area (Å²) in [6.07, 6.45) is 2.95. The number of ether oxygens (including phenoxy) is 1. The van der Waals surface area contributed by atoms with Crippen LogP contribution in [0.5, 0.6) is 5.88 Å². The first-order valence-electron chi connectivity index (χ1n) is 7.12. The van der Waals surface area contributed by atoms with Gasteiger partial charge in [0.05, 0.1) is 6.10 Å². The quantitative estimate of drug-likeness (QED) is 0.852. The van der Waals surface area contributed by atoms with Gasteiger partial charge in [-0.15, -0.1) is 0 Å². The van der Waals surface area contributed by atoms with Crippen molar-refractivity contribution in [2.45, 2.75) is 33.3 Å². The second kappa shape index (κ2) is 6.70. The predicted molar refractivity (Wildman–Crippen MR) is 76.5 cm³/mol. The molecule has 0 saturated carbocycles. The van der Waals surface area contributed by atoms with Gasteiger partial charge in [-0.25, -0.2) is 9.97 Å². The average Bonchev–Trinajstić information content (AvgIpc) is 2.84. The normalized spacial score (nSPS) is 19.9. The topological polar surface area (TPSA) is 50.3 Å². The molecule has 5 nitrogen and oxygen atoms in total. The van der Waals surface area contributed by atoms with Crippen molar-refractivity contribution in [3.05, 3.63) is 12.4 Å². The van der Waals surface area contributed by atoms with Crippen LogP contribution in [0.4, 0.5) is 5.82 Å². The van der Waals surface area contributed by atoms with Crippen molar-refractivity contribution >= 4 is 5.82 Å². The molecule has 0 amide bonds. The third-order valence-corrected chi connectivity index (χ3v) is 3.39. The molecule has 1 aliphatic rings. The minimum absolute atomic E-state index is 0.135. The van der Waals surface area contributed by atoms with Crippen molar-refractivity contribution in [3.63, 3.8) is 0 Å². The van der Waals surface area contributed by atoms with E-state index in [4.69, 9.17) is 4.74 Å². The average molecular weight is 264 g/mol. The van der Waals surface area contributed by atoms with Crippen LogP contribution < -0.4 is 10.1 Å². The fourth-order valence-electron chi connectivity index (χ4n) is 2.36. The molecule has 0 aliphatic carbocycles. The zero-order valence-corrected chi connectivity index (χ0v) is 12.1. The summed E-state index contributed by atoms with van der Waals surface area (Å²) >= 11 is 0. The highest BCUT2D eigenvalue weighted by Crippen LogP contribution is 2.17. The summed E-state index contributed by atoms with van der Waals surface area (Å²) in [5.41, 5.74) is 0. The SMILES string of the molecule is CCN1CCC(CNc2cc(OC(C)C)ncn2)C1. The van der Waals surface area contributed by atoms with Gasteiger partial charge in [0.25, 0.3) is 0 Å². The fourth-order valence-corrected chi connectivity index (χ4v) is 2.36. The Hall–Kier alpha value is -1.36. The van der Waals surface area contributed by atoms with Gasteiger partial charge in [0.15, 0.2) is 0 Å². The van der Waals surface area contributed by atoms with Crippen LogP contribution >= 0.6 is 0 Å². The standard InChI is InChI=1S/C14H24N4O/c1-4-18-6-5-12(9-18)8-15-13-7-14(17-10-16-13)19-11(2)3/h7,10-12H,4-6,8-9H2,1-3H3,(H,15,16,17). The third-order valence-electron chi connectivity index (χ3n) is 3.39. The van der Waals surface area contributed by atoms with Crippen LogP contribution in [0.1, 0.15) is 27.2 Å². The van der Waals surface area contributed by atoms with E-state index in [2.05, 4.69) is 27.1 Å². The molecule has 0 aromatic carbocycles. The molecule has 1 atom stereocenters. The molecule has 5 heteroatoms. The van der Waals surface area contributed by atoms with Crippen molar-refractivity contribution in [3.8, 4) is 5.88 Å². The number of rotatable bonds is 6. The van der Waals surface area contributed by atoms with E-state index in [0.717, 1.165) is 18.9 Å². The molecule has 2 rings (SSSR count). The Bertz CT molecular complexity index is 397. The van der Waals surface area contributed by atoms with E-state index in [0.29, 0.717) is 11.8 Å². The molecule has 1 saturated heterocycles. The van der Waals surface area contributed by atoms with Crippen molar-refractivity contribution in [2.75, 3.05) is 31.5 Å². The number of anilines is 1. The van der Waals surface area contributed by atoms with E-state index in [-0.39, 0.29) is 6.10 Å². The first-order valence-corrected chi connectivity index (χ1v) is 7.12. The predicted octanol–water partition coefficient (Wildman–Crippen LogP) is 2.02. The van der Waals surface area contributed by atoms with Gasteiger partial charge in [-0.1, -0.05) is 6.92 Å². The summed E-state index contributed by atoms with van der Waals surface area (Å²) in [5, 5.41) is 3.39. The third kappa shape index (κ3) is 4.35. The second-order valence-corrected chi connectivity index (χ2v) is 5.34. The fraction of sp³-hybridized carbons (Fsp3) is 0.714. The molecule has 1 N–H and O–H groups in total. The van der Waals surface area contributed by atoms with Crippen molar-refractivity contribution in [1.82, 2.24) is 14.9 Å². The highest BCUT2D eigenvalue weighted by atomic mass is 16.5. The van der Waals surface area contributed by atoms with E-state index in [1.807, 2.05) is 19.9 Å². The first kappa shape index (κ1) is 14.1. The Morgan fingerprint density at radius 3 is 3.00 bits per heavy atom.